The molecule has 1 aliphatic rings. The van der Waals surface area contributed by atoms with Crippen LogP contribution in [0.1, 0.15) is 50.7 Å². The van der Waals surface area contributed by atoms with Crippen LogP contribution >= 0.6 is 0 Å². The van der Waals surface area contributed by atoms with Crippen LogP contribution in [-0.2, 0) is 19.1 Å². The number of rotatable bonds is 4. The zero-order valence-corrected chi connectivity index (χ0v) is 16.0. The van der Waals surface area contributed by atoms with Crippen LogP contribution in [0.15, 0.2) is 17.3 Å². The van der Waals surface area contributed by atoms with E-state index in [9.17, 15) is 19.2 Å². The predicted octanol–water partition coefficient (Wildman–Crippen LogP) is 1.34. The van der Waals surface area contributed by atoms with Gasteiger partial charge in [-0.15, -0.1) is 0 Å². The van der Waals surface area contributed by atoms with Crippen LogP contribution in [0.4, 0.5) is 0 Å². The van der Waals surface area contributed by atoms with Crippen LogP contribution < -0.4 is 4.74 Å². The standard InChI is InChI=1S/C18H21N3O6/c1-9(2)18(5)17(25)21(10(3)22)15(20-18)14-13(16(24)26-6)7-12(8-19-14)27-11(4)23/h7-9H,1-6H3/t18-/m1/s1. The van der Waals surface area contributed by atoms with Crippen molar-refractivity contribution in [2.75, 3.05) is 7.11 Å². The van der Waals surface area contributed by atoms with Crippen LogP contribution in [0.3, 0.4) is 0 Å². The summed E-state index contributed by atoms with van der Waals surface area (Å²) < 4.78 is 9.70. The molecule has 0 fully saturated rings. The average Bonchev–Trinajstić information content (AvgIpc) is 2.86. The van der Waals surface area contributed by atoms with Crippen molar-refractivity contribution >= 4 is 29.6 Å². The van der Waals surface area contributed by atoms with Crippen molar-refractivity contribution in [3.8, 4) is 5.75 Å². The molecule has 0 N–H and O–H groups in total. The van der Waals surface area contributed by atoms with Crippen LogP contribution in [0, 0.1) is 5.92 Å². The first-order chi connectivity index (χ1) is 12.5. The number of hydrogen-bond acceptors (Lipinski definition) is 8. The van der Waals surface area contributed by atoms with E-state index in [-0.39, 0.29) is 28.8 Å². The Morgan fingerprint density at radius 3 is 2.33 bits per heavy atom. The van der Waals surface area contributed by atoms with E-state index >= 15 is 0 Å². The Hall–Kier alpha value is -3.10. The average molecular weight is 375 g/mol. The summed E-state index contributed by atoms with van der Waals surface area (Å²) in [5.74, 6) is -2.64. The van der Waals surface area contributed by atoms with E-state index in [0.717, 1.165) is 4.90 Å². The molecule has 0 spiro atoms. The molecular formula is C18H21N3O6. The number of aliphatic imine (C=N–C) groups is 1. The van der Waals surface area contributed by atoms with E-state index < -0.39 is 29.3 Å². The van der Waals surface area contributed by atoms with Crippen molar-refractivity contribution < 1.29 is 28.7 Å². The highest BCUT2D eigenvalue weighted by atomic mass is 16.5. The maximum atomic E-state index is 12.8. The Bertz CT molecular complexity index is 861. The Morgan fingerprint density at radius 2 is 1.85 bits per heavy atom. The minimum atomic E-state index is -1.18. The molecule has 2 heterocycles. The van der Waals surface area contributed by atoms with Gasteiger partial charge in [0, 0.05) is 13.8 Å². The number of esters is 2. The molecule has 0 saturated carbocycles. The smallest absolute Gasteiger partial charge is 0.340 e. The maximum absolute atomic E-state index is 12.8. The van der Waals surface area contributed by atoms with Crippen molar-refractivity contribution in [2.24, 2.45) is 10.9 Å². The third-order valence-corrected chi connectivity index (χ3v) is 4.37. The van der Waals surface area contributed by atoms with Gasteiger partial charge < -0.3 is 9.47 Å². The third kappa shape index (κ3) is 3.57. The molecular weight excluding hydrogens is 354 g/mol. The number of aromatic nitrogens is 1. The van der Waals surface area contributed by atoms with Gasteiger partial charge in [0.15, 0.2) is 5.84 Å². The SMILES string of the molecule is COC(=O)c1cc(OC(C)=O)cnc1C1=N[C@](C)(C(C)C)C(=O)N1C(C)=O. The van der Waals surface area contributed by atoms with Gasteiger partial charge in [-0.2, -0.15) is 0 Å². The zero-order valence-electron chi connectivity index (χ0n) is 16.0. The molecule has 2 rings (SSSR count). The Morgan fingerprint density at radius 1 is 1.22 bits per heavy atom. The van der Waals surface area contributed by atoms with Gasteiger partial charge in [-0.25, -0.2) is 19.7 Å². The predicted molar refractivity (Wildman–Crippen MR) is 94.2 cm³/mol. The molecule has 1 aliphatic heterocycles. The van der Waals surface area contributed by atoms with Gasteiger partial charge in [-0.1, -0.05) is 13.8 Å². The van der Waals surface area contributed by atoms with Gasteiger partial charge >= 0.3 is 11.9 Å². The minimum Gasteiger partial charge on any atom is -0.465 e. The molecule has 9 nitrogen and oxygen atoms in total. The quantitative estimate of drug-likeness (QED) is 0.729. The van der Waals surface area contributed by atoms with Crippen LogP contribution in [0.5, 0.6) is 5.75 Å². The number of hydrogen-bond donors (Lipinski definition) is 0. The van der Waals surface area contributed by atoms with E-state index in [1.807, 2.05) is 0 Å². The molecule has 27 heavy (non-hydrogen) atoms. The number of pyridine rings is 1. The highest BCUT2D eigenvalue weighted by Crippen LogP contribution is 2.33. The van der Waals surface area contributed by atoms with E-state index in [0.29, 0.717) is 0 Å². The highest BCUT2D eigenvalue weighted by Gasteiger charge is 2.49. The number of amidine groups is 1. The number of imide groups is 1. The number of methoxy groups -OCH3 is 1. The van der Waals surface area contributed by atoms with Crippen LogP contribution in [0.2, 0.25) is 0 Å². The fourth-order valence-electron chi connectivity index (χ4n) is 2.58. The molecule has 1 aromatic rings. The van der Waals surface area contributed by atoms with Crippen molar-refractivity contribution in [3.05, 3.63) is 23.5 Å². The molecule has 0 radical (unpaired) electrons. The lowest BCUT2D eigenvalue weighted by atomic mass is 9.89. The molecule has 0 aliphatic carbocycles. The second-order valence-electron chi connectivity index (χ2n) is 6.55. The van der Waals surface area contributed by atoms with E-state index in [1.165, 1.54) is 33.2 Å². The number of amides is 2. The van der Waals surface area contributed by atoms with Crippen molar-refractivity contribution in [2.45, 2.75) is 40.2 Å². The fourth-order valence-corrected chi connectivity index (χ4v) is 2.58. The molecule has 1 atom stereocenters. The van der Waals surface area contributed by atoms with Gasteiger partial charge in [-0.05, 0) is 18.9 Å². The topological polar surface area (TPSA) is 115 Å². The molecule has 144 valence electrons. The van der Waals surface area contributed by atoms with Crippen LogP contribution in [-0.4, -0.2) is 52.1 Å². The number of carbonyl (C=O) groups excluding carboxylic acids is 4. The molecule has 0 unspecified atom stereocenters. The summed E-state index contributed by atoms with van der Waals surface area (Å²) in [7, 11) is 1.17. The molecule has 0 saturated heterocycles. The van der Waals surface area contributed by atoms with E-state index in [1.54, 1.807) is 20.8 Å². The number of carbonyl (C=O) groups is 4. The lowest BCUT2D eigenvalue weighted by Gasteiger charge is -2.24. The molecule has 2 amide bonds. The Balaban J connectivity index is 2.70. The lowest BCUT2D eigenvalue weighted by Crippen LogP contribution is -2.46. The first-order valence-electron chi connectivity index (χ1n) is 8.25. The third-order valence-electron chi connectivity index (χ3n) is 4.37. The summed E-state index contributed by atoms with van der Waals surface area (Å²) in [4.78, 5) is 57.8. The highest BCUT2D eigenvalue weighted by molar-refractivity contribution is 6.25. The number of ether oxygens (including phenoxy) is 2. The normalized spacial score (nSPS) is 19.1. The lowest BCUT2D eigenvalue weighted by molar-refractivity contribution is -0.141. The summed E-state index contributed by atoms with van der Waals surface area (Å²) in [6.07, 6.45) is 1.21. The largest absolute Gasteiger partial charge is 0.465 e. The van der Waals surface area contributed by atoms with Crippen molar-refractivity contribution in [1.29, 1.82) is 0 Å². The summed E-state index contributed by atoms with van der Waals surface area (Å²) in [6, 6.07) is 1.26. The van der Waals surface area contributed by atoms with Gasteiger partial charge in [-0.3, -0.25) is 14.4 Å². The zero-order chi connectivity index (χ0) is 20.5. The molecule has 0 bridgehead atoms. The first kappa shape index (κ1) is 20.2. The van der Waals surface area contributed by atoms with Gasteiger partial charge in [0.05, 0.1) is 18.9 Å². The monoisotopic (exact) mass is 375 g/mol. The first-order valence-corrected chi connectivity index (χ1v) is 8.25. The maximum Gasteiger partial charge on any atom is 0.340 e. The second kappa shape index (κ2) is 7.26. The summed E-state index contributed by atoms with van der Waals surface area (Å²) in [6.45, 7) is 7.66. The van der Waals surface area contributed by atoms with Gasteiger partial charge in [0.2, 0.25) is 5.91 Å². The molecule has 9 heteroatoms. The Labute approximate surface area is 156 Å². The van der Waals surface area contributed by atoms with E-state index in [4.69, 9.17) is 9.47 Å². The van der Waals surface area contributed by atoms with E-state index in [2.05, 4.69) is 9.98 Å². The molecule has 0 aromatic carbocycles. The summed E-state index contributed by atoms with van der Waals surface area (Å²) in [5, 5.41) is 0. The van der Waals surface area contributed by atoms with Crippen molar-refractivity contribution in [1.82, 2.24) is 9.88 Å². The minimum absolute atomic E-state index is 0.00863. The van der Waals surface area contributed by atoms with Crippen molar-refractivity contribution in [3.63, 3.8) is 0 Å². The number of nitrogens with zero attached hydrogens (tertiary/aromatic N) is 3. The van der Waals surface area contributed by atoms with Gasteiger partial charge in [0.1, 0.15) is 17.0 Å². The summed E-state index contributed by atoms with van der Waals surface area (Å²) >= 11 is 0. The fraction of sp³-hybridized carbons (Fsp3) is 0.444. The summed E-state index contributed by atoms with van der Waals surface area (Å²) in [5.41, 5.74) is -1.27. The Kier molecular flexibility index (Phi) is 5.43. The second-order valence-corrected chi connectivity index (χ2v) is 6.55. The molecule has 1 aromatic heterocycles. The van der Waals surface area contributed by atoms with Gasteiger partial charge in [0.25, 0.3) is 5.91 Å². The van der Waals surface area contributed by atoms with Crippen LogP contribution in [0.25, 0.3) is 0 Å².